The zero-order chi connectivity index (χ0) is 20.1. The molecule has 0 aliphatic carbocycles. The third kappa shape index (κ3) is 4.64. The average molecular weight is 401 g/mol. The molecule has 1 aromatic carbocycles. The molecule has 0 atom stereocenters. The fourth-order valence-corrected chi connectivity index (χ4v) is 3.43. The van der Waals surface area contributed by atoms with Gasteiger partial charge in [-0.3, -0.25) is 9.67 Å². The van der Waals surface area contributed by atoms with E-state index >= 15 is 0 Å². The SMILES string of the molecule is CC(C)S(=O)(=O)NCc1ccc(-c2cn(CCO)nc2-c2ccncc2)cc1. The number of aliphatic hydroxyl groups excluding tert-OH is 1. The molecule has 0 unspecified atom stereocenters. The van der Waals surface area contributed by atoms with Gasteiger partial charge in [-0.1, -0.05) is 24.3 Å². The third-order valence-electron chi connectivity index (χ3n) is 4.41. The predicted molar refractivity (Wildman–Crippen MR) is 109 cm³/mol. The largest absolute Gasteiger partial charge is 0.394 e. The molecule has 3 rings (SSSR count). The molecular formula is C20H24N4O3S. The number of aromatic nitrogens is 3. The summed E-state index contributed by atoms with van der Waals surface area (Å²) in [6.45, 7) is 3.97. The van der Waals surface area contributed by atoms with Crippen LogP contribution in [-0.4, -0.2) is 40.1 Å². The fraction of sp³-hybridized carbons (Fsp3) is 0.300. The Labute approximate surface area is 165 Å². The highest BCUT2D eigenvalue weighted by atomic mass is 32.2. The smallest absolute Gasteiger partial charge is 0.214 e. The summed E-state index contributed by atoms with van der Waals surface area (Å²) in [4.78, 5) is 4.05. The monoisotopic (exact) mass is 400 g/mol. The summed E-state index contributed by atoms with van der Waals surface area (Å²) in [5.41, 5.74) is 4.53. The van der Waals surface area contributed by atoms with Crippen molar-refractivity contribution in [2.45, 2.75) is 32.2 Å². The summed E-state index contributed by atoms with van der Waals surface area (Å²) < 4.78 is 28.2. The van der Waals surface area contributed by atoms with Crippen molar-refractivity contribution in [2.24, 2.45) is 0 Å². The lowest BCUT2D eigenvalue weighted by molar-refractivity contribution is 0.269. The lowest BCUT2D eigenvalue weighted by atomic mass is 10.0. The van der Waals surface area contributed by atoms with Crippen molar-refractivity contribution in [2.75, 3.05) is 6.61 Å². The molecule has 7 nitrogen and oxygen atoms in total. The quantitative estimate of drug-likeness (QED) is 0.605. The molecule has 3 aromatic rings. The Morgan fingerprint density at radius 3 is 2.36 bits per heavy atom. The van der Waals surface area contributed by atoms with E-state index in [4.69, 9.17) is 0 Å². The molecule has 2 heterocycles. The Morgan fingerprint density at radius 1 is 1.07 bits per heavy atom. The van der Waals surface area contributed by atoms with Gasteiger partial charge in [0.25, 0.3) is 0 Å². The molecule has 0 saturated heterocycles. The van der Waals surface area contributed by atoms with Crippen molar-refractivity contribution in [3.8, 4) is 22.4 Å². The molecule has 2 aromatic heterocycles. The van der Waals surface area contributed by atoms with Crippen LogP contribution in [0.25, 0.3) is 22.4 Å². The number of benzene rings is 1. The number of aliphatic hydroxyl groups is 1. The fourth-order valence-electron chi connectivity index (χ4n) is 2.73. The predicted octanol–water partition coefficient (Wildman–Crippen LogP) is 2.43. The van der Waals surface area contributed by atoms with Crippen LogP contribution in [0.5, 0.6) is 0 Å². The normalized spacial score (nSPS) is 11.9. The van der Waals surface area contributed by atoms with Crippen LogP contribution in [0.3, 0.4) is 0 Å². The van der Waals surface area contributed by atoms with E-state index in [-0.39, 0.29) is 13.2 Å². The number of hydrogen-bond donors (Lipinski definition) is 2. The van der Waals surface area contributed by atoms with Gasteiger partial charge >= 0.3 is 0 Å². The number of rotatable bonds is 8. The van der Waals surface area contributed by atoms with Gasteiger partial charge < -0.3 is 5.11 Å². The van der Waals surface area contributed by atoms with Crippen LogP contribution < -0.4 is 4.72 Å². The Morgan fingerprint density at radius 2 is 1.75 bits per heavy atom. The number of nitrogens with one attached hydrogen (secondary N) is 1. The summed E-state index contributed by atoms with van der Waals surface area (Å²) in [6, 6.07) is 11.5. The van der Waals surface area contributed by atoms with Gasteiger partial charge in [0.1, 0.15) is 5.69 Å². The maximum atomic E-state index is 11.9. The van der Waals surface area contributed by atoms with E-state index in [1.807, 2.05) is 42.6 Å². The van der Waals surface area contributed by atoms with Crippen molar-refractivity contribution in [1.82, 2.24) is 19.5 Å². The lowest BCUT2D eigenvalue weighted by Crippen LogP contribution is -2.30. The Bertz CT molecular complexity index is 1010. The van der Waals surface area contributed by atoms with Crippen molar-refractivity contribution in [1.29, 1.82) is 0 Å². The van der Waals surface area contributed by atoms with Crippen LogP contribution in [-0.2, 0) is 23.1 Å². The molecule has 0 radical (unpaired) electrons. The molecule has 0 aliphatic heterocycles. The highest BCUT2D eigenvalue weighted by molar-refractivity contribution is 7.90. The first-order valence-electron chi connectivity index (χ1n) is 9.07. The molecule has 0 saturated carbocycles. The third-order valence-corrected chi connectivity index (χ3v) is 6.20. The molecule has 28 heavy (non-hydrogen) atoms. The summed E-state index contributed by atoms with van der Waals surface area (Å²) in [5, 5.41) is 13.4. The van der Waals surface area contributed by atoms with Gasteiger partial charge in [-0.05, 0) is 37.1 Å². The summed E-state index contributed by atoms with van der Waals surface area (Å²) in [7, 11) is -3.30. The van der Waals surface area contributed by atoms with E-state index in [1.54, 1.807) is 30.9 Å². The van der Waals surface area contributed by atoms with Gasteiger partial charge in [0.05, 0.1) is 18.4 Å². The highest BCUT2D eigenvalue weighted by Crippen LogP contribution is 2.31. The molecule has 148 valence electrons. The Balaban J connectivity index is 1.87. The minimum atomic E-state index is -3.30. The van der Waals surface area contributed by atoms with Gasteiger partial charge in [-0.2, -0.15) is 5.10 Å². The lowest BCUT2D eigenvalue weighted by Gasteiger charge is -2.10. The first kappa shape index (κ1) is 20.2. The second-order valence-corrected chi connectivity index (χ2v) is 9.05. The summed E-state index contributed by atoms with van der Waals surface area (Å²) in [6.07, 6.45) is 5.34. The zero-order valence-electron chi connectivity index (χ0n) is 15.9. The van der Waals surface area contributed by atoms with Gasteiger partial charge in [-0.25, -0.2) is 13.1 Å². The van der Waals surface area contributed by atoms with E-state index in [0.29, 0.717) is 6.54 Å². The average Bonchev–Trinajstić information content (AvgIpc) is 3.12. The van der Waals surface area contributed by atoms with Gasteiger partial charge in [-0.15, -0.1) is 0 Å². The number of pyridine rings is 1. The molecule has 0 fully saturated rings. The van der Waals surface area contributed by atoms with Crippen LogP contribution in [0.15, 0.2) is 55.0 Å². The van der Waals surface area contributed by atoms with Crippen molar-refractivity contribution >= 4 is 10.0 Å². The number of hydrogen-bond acceptors (Lipinski definition) is 5. The molecule has 2 N–H and O–H groups in total. The first-order chi connectivity index (χ1) is 13.4. The first-order valence-corrected chi connectivity index (χ1v) is 10.6. The van der Waals surface area contributed by atoms with Crippen LogP contribution in [0.2, 0.25) is 0 Å². The number of nitrogens with zero attached hydrogens (tertiary/aromatic N) is 3. The summed E-state index contributed by atoms with van der Waals surface area (Å²) in [5.74, 6) is 0. The maximum Gasteiger partial charge on any atom is 0.214 e. The topological polar surface area (TPSA) is 97.1 Å². The zero-order valence-corrected chi connectivity index (χ0v) is 16.7. The van der Waals surface area contributed by atoms with Crippen molar-refractivity contribution in [3.63, 3.8) is 0 Å². The van der Waals surface area contributed by atoms with Crippen LogP contribution in [0.1, 0.15) is 19.4 Å². The van der Waals surface area contributed by atoms with Crippen molar-refractivity contribution in [3.05, 3.63) is 60.6 Å². The molecule has 0 amide bonds. The standard InChI is InChI=1S/C20H24N4O3S/c1-15(2)28(26,27)22-13-16-3-5-17(6-4-16)19-14-24(11-12-25)23-20(19)18-7-9-21-10-8-18/h3-10,14-15,22,25H,11-13H2,1-2H3. The van der Waals surface area contributed by atoms with E-state index in [1.165, 1.54) is 0 Å². The second-order valence-electron chi connectivity index (χ2n) is 6.73. The van der Waals surface area contributed by atoms with Crippen LogP contribution >= 0.6 is 0 Å². The molecule has 8 heteroatoms. The molecule has 0 bridgehead atoms. The van der Waals surface area contributed by atoms with E-state index in [9.17, 15) is 13.5 Å². The number of sulfonamides is 1. The Hall–Kier alpha value is -2.55. The maximum absolute atomic E-state index is 11.9. The molecule has 0 spiro atoms. The van der Waals surface area contributed by atoms with E-state index in [2.05, 4.69) is 14.8 Å². The van der Waals surface area contributed by atoms with Crippen molar-refractivity contribution < 1.29 is 13.5 Å². The minimum Gasteiger partial charge on any atom is -0.394 e. The highest BCUT2D eigenvalue weighted by Gasteiger charge is 2.16. The van der Waals surface area contributed by atoms with Gasteiger partial charge in [0, 0.05) is 36.3 Å². The van der Waals surface area contributed by atoms with Crippen LogP contribution in [0, 0.1) is 0 Å². The molecule has 0 aliphatic rings. The molecular weight excluding hydrogens is 376 g/mol. The van der Waals surface area contributed by atoms with E-state index < -0.39 is 15.3 Å². The van der Waals surface area contributed by atoms with Gasteiger partial charge in [0.2, 0.25) is 10.0 Å². The second kappa shape index (κ2) is 8.64. The minimum absolute atomic E-state index is 0.00579. The van der Waals surface area contributed by atoms with E-state index in [0.717, 1.165) is 27.9 Å². The van der Waals surface area contributed by atoms with Gasteiger partial charge in [0.15, 0.2) is 0 Å². The Kier molecular flexibility index (Phi) is 6.23. The van der Waals surface area contributed by atoms with Crippen LogP contribution in [0.4, 0.5) is 0 Å². The summed E-state index contributed by atoms with van der Waals surface area (Å²) >= 11 is 0.